The van der Waals surface area contributed by atoms with Crippen LogP contribution in [0, 0.1) is 5.82 Å². The normalized spacial score (nSPS) is 19.4. The lowest BCUT2D eigenvalue weighted by molar-refractivity contribution is -0.127. The number of amides is 1. The van der Waals surface area contributed by atoms with Crippen LogP contribution in [0.5, 0.6) is 5.75 Å². The van der Waals surface area contributed by atoms with E-state index in [1.165, 1.54) is 19.3 Å². The van der Waals surface area contributed by atoms with Gasteiger partial charge >= 0.3 is 0 Å². The van der Waals surface area contributed by atoms with Crippen LogP contribution in [-0.2, 0) is 4.79 Å². The van der Waals surface area contributed by atoms with Crippen molar-refractivity contribution in [1.29, 1.82) is 0 Å². The standard InChI is InChI=1S/C15H19FN2O2/c1-11-10-18(8-7-17-11)15(19)6-4-12-3-5-14(20-2)13(16)9-12/h3-6,9,11,17H,7-8,10H2,1-2H3. The summed E-state index contributed by atoms with van der Waals surface area (Å²) in [6.45, 7) is 4.24. The third-order valence-corrected chi connectivity index (χ3v) is 3.27. The summed E-state index contributed by atoms with van der Waals surface area (Å²) in [5.74, 6) is -0.281. The summed E-state index contributed by atoms with van der Waals surface area (Å²) in [4.78, 5) is 13.8. The van der Waals surface area contributed by atoms with Crippen LogP contribution in [0.15, 0.2) is 24.3 Å². The predicted octanol–water partition coefficient (Wildman–Crippen LogP) is 1.67. The van der Waals surface area contributed by atoms with Crippen LogP contribution in [0.25, 0.3) is 6.08 Å². The van der Waals surface area contributed by atoms with Crippen LogP contribution in [0.3, 0.4) is 0 Å². The lowest BCUT2D eigenvalue weighted by Gasteiger charge is -2.31. The molecule has 1 N–H and O–H groups in total. The number of carbonyl (C=O) groups excluding carboxylic acids is 1. The molecule has 1 aliphatic heterocycles. The Balaban J connectivity index is 2.01. The Bertz CT molecular complexity index is 517. The summed E-state index contributed by atoms with van der Waals surface area (Å²) < 4.78 is 18.4. The minimum atomic E-state index is -0.433. The van der Waals surface area contributed by atoms with Gasteiger partial charge in [0, 0.05) is 31.8 Å². The third kappa shape index (κ3) is 3.57. The molecule has 0 saturated carbocycles. The zero-order valence-corrected chi connectivity index (χ0v) is 11.7. The molecule has 5 heteroatoms. The molecule has 1 amide bonds. The van der Waals surface area contributed by atoms with Gasteiger partial charge in [0.25, 0.3) is 0 Å². The van der Waals surface area contributed by atoms with Crippen molar-refractivity contribution in [1.82, 2.24) is 10.2 Å². The molecule has 1 heterocycles. The van der Waals surface area contributed by atoms with Gasteiger partial charge in [-0.1, -0.05) is 6.07 Å². The van der Waals surface area contributed by atoms with E-state index in [9.17, 15) is 9.18 Å². The van der Waals surface area contributed by atoms with Gasteiger partial charge < -0.3 is 15.0 Å². The lowest BCUT2D eigenvalue weighted by Crippen LogP contribution is -2.50. The van der Waals surface area contributed by atoms with E-state index in [-0.39, 0.29) is 11.7 Å². The minimum Gasteiger partial charge on any atom is -0.494 e. The van der Waals surface area contributed by atoms with Gasteiger partial charge in [-0.25, -0.2) is 4.39 Å². The fourth-order valence-electron chi connectivity index (χ4n) is 2.19. The molecule has 1 fully saturated rings. The molecule has 1 atom stereocenters. The summed E-state index contributed by atoms with van der Waals surface area (Å²) in [5.41, 5.74) is 0.639. The highest BCUT2D eigenvalue weighted by atomic mass is 19.1. The van der Waals surface area contributed by atoms with Crippen molar-refractivity contribution in [3.63, 3.8) is 0 Å². The summed E-state index contributed by atoms with van der Waals surface area (Å²) in [5, 5.41) is 3.28. The van der Waals surface area contributed by atoms with Crippen molar-refractivity contribution in [3.8, 4) is 5.75 Å². The van der Waals surface area contributed by atoms with E-state index in [1.54, 1.807) is 23.1 Å². The molecule has 1 aliphatic rings. The molecule has 108 valence electrons. The van der Waals surface area contributed by atoms with E-state index in [4.69, 9.17) is 4.74 Å². The summed E-state index contributed by atoms with van der Waals surface area (Å²) in [6, 6.07) is 4.92. The first-order chi connectivity index (χ1) is 9.60. The second-order valence-corrected chi connectivity index (χ2v) is 4.87. The molecule has 0 spiro atoms. The highest BCUT2D eigenvalue weighted by Crippen LogP contribution is 2.18. The Hall–Kier alpha value is -1.88. The fourth-order valence-corrected chi connectivity index (χ4v) is 2.19. The molecule has 0 radical (unpaired) electrons. The molecule has 0 bridgehead atoms. The number of piperazine rings is 1. The van der Waals surface area contributed by atoms with Crippen molar-refractivity contribution in [2.75, 3.05) is 26.7 Å². The van der Waals surface area contributed by atoms with Crippen LogP contribution < -0.4 is 10.1 Å². The number of benzene rings is 1. The van der Waals surface area contributed by atoms with Gasteiger partial charge in [-0.3, -0.25) is 4.79 Å². The second-order valence-electron chi connectivity index (χ2n) is 4.87. The summed E-state index contributed by atoms with van der Waals surface area (Å²) in [6.07, 6.45) is 3.11. The van der Waals surface area contributed by atoms with Crippen molar-refractivity contribution in [3.05, 3.63) is 35.7 Å². The molecule has 1 aromatic carbocycles. The number of hydrogen-bond acceptors (Lipinski definition) is 3. The van der Waals surface area contributed by atoms with Gasteiger partial charge in [0.1, 0.15) is 0 Å². The fraction of sp³-hybridized carbons (Fsp3) is 0.400. The average Bonchev–Trinajstić information content (AvgIpc) is 2.45. The Labute approximate surface area is 118 Å². The maximum Gasteiger partial charge on any atom is 0.246 e. The summed E-state index contributed by atoms with van der Waals surface area (Å²) in [7, 11) is 1.42. The van der Waals surface area contributed by atoms with E-state index in [2.05, 4.69) is 5.32 Å². The number of carbonyl (C=O) groups is 1. The number of rotatable bonds is 3. The molecule has 0 aliphatic carbocycles. The number of methoxy groups -OCH3 is 1. The zero-order valence-electron chi connectivity index (χ0n) is 11.7. The van der Waals surface area contributed by atoms with E-state index >= 15 is 0 Å². The molecule has 1 saturated heterocycles. The second kappa shape index (κ2) is 6.52. The number of hydrogen-bond donors (Lipinski definition) is 1. The molecular formula is C15H19FN2O2. The highest BCUT2D eigenvalue weighted by Gasteiger charge is 2.18. The monoisotopic (exact) mass is 278 g/mol. The SMILES string of the molecule is COc1ccc(C=CC(=O)N2CCNC(C)C2)cc1F. The third-order valence-electron chi connectivity index (χ3n) is 3.27. The molecule has 1 unspecified atom stereocenters. The molecule has 1 aromatic rings. The van der Waals surface area contributed by atoms with Crippen LogP contribution >= 0.6 is 0 Å². The van der Waals surface area contributed by atoms with Crippen molar-refractivity contribution >= 4 is 12.0 Å². The maximum atomic E-state index is 13.5. The van der Waals surface area contributed by atoms with Crippen LogP contribution in [0.4, 0.5) is 4.39 Å². The van der Waals surface area contributed by atoms with Crippen molar-refractivity contribution in [2.24, 2.45) is 0 Å². The average molecular weight is 278 g/mol. The molecule has 2 rings (SSSR count). The predicted molar refractivity (Wildman–Crippen MR) is 76.0 cm³/mol. The van der Waals surface area contributed by atoms with Gasteiger partial charge in [0.15, 0.2) is 11.6 Å². The first-order valence-corrected chi connectivity index (χ1v) is 6.64. The topological polar surface area (TPSA) is 41.6 Å². The number of nitrogens with zero attached hydrogens (tertiary/aromatic N) is 1. The van der Waals surface area contributed by atoms with Gasteiger partial charge in [-0.05, 0) is 30.7 Å². The number of halogens is 1. The van der Waals surface area contributed by atoms with E-state index < -0.39 is 5.82 Å². The zero-order chi connectivity index (χ0) is 14.5. The lowest BCUT2D eigenvalue weighted by atomic mass is 10.2. The first kappa shape index (κ1) is 14.5. The van der Waals surface area contributed by atoms with Gasteiger partial charge in [-0.15, -0.1) is 0 Å². The Morgan fingerprint density at radius 2 is 2.35 bits per heavy atom. The number of ether oxygens (including phenoxy) is 1. The summed E-state index contributed by atoms with van der Waals surface area (Å²) >= 11 is 0. The van der Waals surface area contributed by atoms with Gasteiger partial charge in [0.2, 0.25) is 5.91 Å². The van der Waals surface area contributed by atoms with Gasteiger partial charge in [-0.2, -0.15) is 0 Å². The highest BCUT2D eigenvalue weighted by molar-refractivity contribution is 5.91. The van der Waals surface area contributed by atoms with Crippen molar-refractivity contribution < 1.29 is 13.9 Å². The van der Waals surface area contributed by atoms with Crippen molar-refractivity contribution in [2.45, 2.75) is 13.0 Å². The quantitative estimate of drug-likeness (QED) is 0.855. The molecular weight excluding hydrogens is 259 g/mol. The molecule has 0 aromatic heterocycles. The number of nitrogens with one attached hydrogen (secondary N) is 1. The van der Waals surface area contributed by atoms with Crippen LogP contribution in [0.2, 0.25) is 0 Å². The minimum absolute atomic E-state index is 0.0467. The Kier molecular flexibility index (Phi) is 4.74. The van der Waals surface area contributed by atoms with Crippen LogP contribution in [-0.4, -0.2) is 43.6 Å². The van der Waals surface area contributed by atoms with Gasteiger partial charge in [0.05, 0.1) is 7.11 Å². The van der Waals surface area contributed by atoms with E-state index in [0.717, 1.165) is 6.54 Å². The maximum absolute atomic E-state index is 13.5. The first-order valence-electron chi connectivity index (χ1n) is 6.64. The van der Waals surface area contributed by atoms with E-state index in [1.807, 2.05) is 6.92 Å². The molecule has 20 heavy (non-hydrogen) atoms. The Morgan fingerprint density at radius 3 is 3.00 bits per heavy atom. The van der Waals surface area contributed by atoms with E-state index in [0.29, 0.717) is 24.7 Å². The molecule has 4 nitrogen and oxygen atoms in total. The largest absolute Gasteiger partial charge is 0.494 e. The Morgan fingerprint density at radius 1 is 1.55 bits per heavy atom. The smallest absolute Gasteiger partial charge is 0.246 e. The van der Waals surface area contributed by atoms with Crippen LogP contribution in [0.1, 0.15) is 12.5 Å².